The second-order valence-corrected chi connectivity index (χ2v) is 7.81. The minimum atomic E-state index is 0. The summed E-state index contributed by atoms with van der Waals surface area (Å²) in [6, 6.07) is 2.04. The summed E-state index contributed by atoms with van der Waals surface area (Å²) in [7, 11) is 0. The number of nitrogens with zero attached hydrogens (tertiary/aromatic N) is 2. The zero-order valence-electron chi connectivity index (χ0n) is 17.8. The standard InChI is InChI=1S/C21H38N4O2.HI/c1-4-17(5-2)19-14-18(27-25-19)15-23-20(22-6-3)24-16-21(12-13-26)10-8-7-9-11-21;/h14,17,26H,4-13,15-16H2,1-3H3,(H2,22,23,24);1H. The lowest BCUT2D eigenvalue weighted by Gasteiger charge is -2.37. The molecule has 1 fully saturated rings. The number of hydrogen-bond donors (Lipinski definition) is 3. The molecule has 28 heavy (non-hydrogen) atoms. The normalized spacial score (nSPS) is 16.7. The summed E-state index contributed by atoms with van der Waals surface area (Å²) < 4.78 is 5.48. The van der Waals surface area contributed by atoms with Crippen LogP contribution in [0, 0.1) is 5.41 Å². The van der Waals surface area contributed by atoms with E-state index >= 15 is 0 Å². The van der Waals surface area contributed by atoms with E-state index in [2.05, 4.69) is 41.6 Å². The molecule has 1 heterocycles. The van der Waals surface area contributed by atoms with Crippen molar-refractivity contribution < 1.29 is 9.63 Å². The summed E-state index contributed by atoms with van der Waals surface area (Å²) >= 11 is 0. The van der Waals surface area contributed by atoms with Gasteiger partial charge in [0.2, 0.25) is 0 Å². The summed E-state index contributed by atoms with van der Waals surface area (Å²) in [5.41, 5.74) is 1.23. The van der Waals surface area contributed by atoms with Crippen molar-refractivity contribution in [3.05, 3.63) is 17.5 Å². The Balaban J connectivity index is 0.00000392. The van der Waals surface area contributed by atoms with E-state index in [1.165, 1.54) is 32.1 Å². The van der Waals surface area contributed by atoms with E-state index in [1.807, 2.05) is 6.07 Å². The van der Waals surface area contributed by atoms with Gasteiger partial charge in [0.05, 0.1) is 5.69 Å². The van der Waals surface area contributed by atoms with Crippen molar-refractivity contribution in [2.75, 3.05) is 19.7 Å². The molecule has 3 N–H and O–H groups in total. The maximum absolute atomic E-state index is 9.50. The van der Waals surface area contributed by atoms with E-state index in [0.29, 0.717) is 12.5 Å². The number of aliphatic hydroxyl groups excluding tert-OH is 1. The Bertz CT molecular complexity index is 561. The smallest absolute Gasteiger partial charge is 0.191 e. The van der Waals surface area contributed by atoms with Gasteiger partial charge in [0.15, 0.2) is 11.7 Å². The second-order valence-electron chi connectivity index (χ2n) is 7.81. The Labute approximate surface area is 187 Å². The van der Waals surface area contributed by atoms with Crippen LogP contribution >= 0.6 is 24.0 Å². The predicted molar refractivity (Wildman–Crippen MR) is 125 cm³/mol. The van der Waals surface area contributed by atoms with Crippen molar-refractivity contribution in [1.82, 2.24) is 15.8 Å². The quantitative estimate of drug-likeness (QED) is 0.246. The number of guanidine groups is 1. The molecule has 7 heteroatoms. The van der Waals surface area contributed by atoms with Gasteiger partial charge in [-0.2, -0.15) is 0 Å². The van der Waals surface area contributed by atoms with Crippen molar-refractivity contribution in [1.29, 1.82) is 0 Å². The number of hydrogen-bond acceptors (Lipinski definition) is 4. The molecule has 1 aliphatic rings. The molecule has 0 amide bonds. The summed E-state index contributed by atoms with van der Waals surface area (Å²) in [5.74, 6) is 2.07. The first-order valence-electron chi connectivity index (χ1n) is 10.7. The molecule has 2 rings (SSSR count). The third kappa shape index (κ3) is 7.54. The molecular formula is C21H39IN4O2. The molecule has 0 radical (unpaired) electrons. The number of aromatic nitrogens is 1. The Morgan fingerprint density at radius 1 is 1.21 bits per heavy atom. The fourth-order valence-electron chi connectivity index (χ4n) is 4.13. The van der Waals surface area contributed by atoms with Crippen LogP contribution in [0.15, 0.2) is 15.6 Å². The number of aliphatic imine (C=N–C) groups is 1. The van der Waals surface area contributed by atoms with Crippen LogP contribution in [0.5, 0.6) is 0 Å². The van der Waals surface area contributed by atoms with Gasteiger partial charge < -0.3 is 20.3 Å². The molecule has 1 aliphatic carbocycles. The molecule has 0 unspecified atom stereocenters. The van der Waals surface area contributed by atoms with Crippen molar-refractivity contribution in [3.63, 3.8) is 0 Å². The second kappa shape index (κ2) is 13.4. The first-order chi connectivity index (χ1) is 13.2. The molecule has 0 aromatic carbocycles. The molecule has 1 aromatic rings. The summed E-state index contributed by atoms with van der Waals surface area (Å²) in [6.07, 6.45) is 9.19. The van der Waals surface area contributed by atoms with E-state index in [-0.39, 0.29) is 36.0 Å². The van der Waals surface area contributed by atoms with Gasteiger partial charge >= 0.3 is 0 Å². The summed E-state index contributed by atoms with van der Waals surface area (Å²) in [5, 5.41) is 20.5. The molecule has 1 aromatic heterocycles. The molecule has 6 nitrogen and oxygen atoms in total. The van der Waals surface area contributed by atoms with Gasteiger partial charge in [0.25, 0.3) is 0 Å². The number of halogens is 1. The maximum atomic E-state index is 9.50. The highest BCUT2D eigenvalue weighted by atomic mass is 127. The highest BCUT2D eigenvalue weighted by molar-refractivity contribution is 14.0. The summed E-state index contributed by atoms with van der Waals surface area (Å²) in [4.78, 5) is 4.68. The van der Waals surface area contributed by atoms with Crippen LogP contribution in [-0.4, -0.2) is 35.9 Å². The molecule has 0 bridgehead atoms. The van der Waals surface area contributed by atoms with Crippen LogP contribution in [0.4, 0.5) is 0 Å². The molecule has 0 saturated heterocycles. The van der Waals surface area contributed by atoms with Gasteiger partial charge in [-0.1, -0.05) is 38.3 Å². The van der Waals surface area contributed by atoms with Crippen LogP contribution < -0.4 is 10.6 Å². The van der Waals surface area contributed by atoms with Crippen molar-refractivity contribution in [2.45, 2.75) is 84.6 Å². The number of aliphatic hydroxyl groups is 1. The molecule has 0 atom stereocenters. The minimum Gasteiger partial charge on any atom is -0.396 e. The Morgan fingerprint density at radius 2 is 1.93 bits per heavy atom. The lowest BCUT2D eigenvalue weighted by atomic mass is 9.72. The predicted octanol–water partition coefficient (Wildman–Crippen LogP) is 4.58. The average molecular weight is 506 g/mol. The third-order valence-electron chi connectivity index (χ3n) is 5.91. The van der Waals surface area contributed by atoms with Crippen LogP contribution in [0.1, 0.15) is 89.5 Å². The van der Waals surface area contributed by atoms with Crippen LogP contribution in [0.25, 0.3) is 0 Å². The number of rotatable bonds is 10. The van der Waals surface area contributed by atoms with Gasteiger partial charge in [-0.25, -0.2) is 4.99 Å². The maximum Gasteiger partial charge on any atom is 0.191 e. The minimum absolute atomic E-state index is 0. The van der Waals surface area contributed by atoms with E-state index in [0.717, 1.165) is 49.8 Å². The Morgan fingerprint density at radius 3 is 2.54 bits per heavy atom. The lowest BCUT2D eigenvalue weighted by molar-refractivity contribution is 0.131. The Hall–Kier alpha value is -0.830. The van der Waals surface area contributed by atoms with Gasteiger partial charge in [-0.15, -0.1) is 24.0 Å². The van der Waals surface area contributed by atoms with Crippen LogP contribution in [0.3, 0.4) is 0 Å². The van der Waals surface area contributed by atoms with E-state index < -0.39 is 0 Å². The van der Waals surface area contributed by atoms with Crippen LogP contribution in [-0.2, 0) is 6.54 Å². The monoisotopic (exact) mass is 506 g/mol. The number of nitrogens with one attached hydrogen (secondary N) is 2. The molecule has 0 aliphatic heterocycles. The SMILES string of the molecule is CCNC(=NCc1cc(C(CC)CC)no1)NCC1(CCO)CCCCC1.I. The van der Waals surface area contributed by atoms with Crippen molar-refractivity contribution in [3.8, 4) is 0 Å². The topological polar surface area (TPSA) is 82.7 Å². The van der Waals surface area contributed by atoms with Crippen molar-refractivity contribution >= 4 is 29.9 Å². The Kier molecular flexibility index (Phi) is 12.1. The highest BCUT2D eigenvalue weighted by Crippen LogP contribution is 2.38. The van der Waals surface area contributed by atoms with Crippen LogP contribution in [0.2, 0.25) is 0 Å². The fourth-order valence-corrected chi connectivity index (χ4v) is 4.13. The van der Waals surface area contributed by atoms with Gasteiger partial charge in [0, 0.05) is 31.7 Å². The molecular weight excluding hydrogens is 467 g/mol. The van der Waals surface area contributed by atoms with Gasteiger partial charge in [-0.05, 0) is 44.4 Å². The zero-order valence-corrected chi connectivity index (χ0v) is 20.1. The highest BCUT2D eigenvalue weighted by Gasteiger charge is 2.31. The average Bonchev–Trinajstić information content (AvgIpc) is 3.15. The largest absolute Gasteiger partial charge is 0.396 e. The molecule has 162 valence electrons. The van der Waals surface area contributed by atoms with Gasteiger partial charge in [-0.3, -0.25) is 0 Å². The molecule has 0 spiro atoms. The first-order valence-corrected chi connectivity index (χ1v) is 10.7. The van der Waals surface area contributed by atoms with E-state index in [9.17, 15) is 5.11 Å². The lowest BCUT2D eigenvalue weighted by Crippen LogP contribution is -2.44. The fraction of sp³-hybridized carbons (Fsp3) is 0.810. The van der Waals surface area contributed by atoms with E-state index in [1.54, 1.807) is 0 Å². The molecule has 1 saturated carbocycles. The third-order valence-corrected chi connectivity index (χ3v) is 5.91. The van der Waals surface area contributed by atoms with E-state index in [4.69, 9.17) is 4.52 Å². The van der Waals surface area contributed by atoms with Crippen molar-refractivity contribution in [2.24, 2.45) is 10.4 Å². The first kappa shape index (κ1) is 25.2. The summed E-state index contributed by atoms with van der Waals surface area (Å²) in [6.45, 7) is 8.84. The zero-order chi connectivity index (χ0) is 19.5. The van der Waals surface area contributed by atoms with Gasteiger partial charge in [0.1, 0.15) is 6.54 Å².